The molecule has 2 aromatic rings. The van der Waals surface area contributed by atoms with Gasteiger partial charge in [0.25, 0.3) is 5.91 Å². The van der Waals surface area contributed by atoms with E-state index in [2.05, 4.69) is 37.2 Å². The van der Waals surface area contributed by atoms with Gasteiger partial charge in [-0.1, -0.05) is 15.9 Å². The monoisotopic (exact) mass is 427 g/mol. The number of anilines is 1. The first-order chi connectivity index (χ1) is 9.27. The van der Waals surface area contributed by atoms with Gasteiger partial charge in [-0.05, 0) is 40.2 Å². The largest absolute Gasteiger partial charge is 0.418 e. The van der Waals surface area contributed by atoms with Crippen molar-refractivity contribution in [3.05, 3.63) is 49.0 Å². The molecule has 0 aliphatic heterocycles. The molecular weight excluding hydrogens is 423 g/mol. The number of halogens is 5. The lowest BCUT2D eigenvalue weighted by Crippen LogP contribution is -2.16. The van der Waals surface area contributed by atoms with E-state index in [-0.39, 0.29) is 5.69 Å². The fourth-order valence-corrected chi connectivity index (χ4v) is 2.98. The lowest BCUT2D eigenvalue weighted by molar-refractivity contribution is -0.136. The molecule has 0 saturated heterocycles. The second-order valence-electron chi connectivity index (χ2n) is 3.78. The Kier molecular flexibility index (Phi) is 4.55. The summed E-state index contributed by atoms with van der Waals surface area (Å²) in [5.41, 5.74) is -0.861. The first-order valence-electron chi connectivity index (χ1n) is 5.19. The molecule has 1 aromatic heterocycles. The standard InChI is InChI=1S/C12H6Br2F3NOS/c13-7-1-2-9(8(4-7)12(15,16)17)18-11(19)6-3-10(14)20-5-6/h1-5H,(H,18,19). The topological polar surface area (TPSA) is 29.1 Å². The molecule has 1 amide bonds. The number of carbonyl (C=O) groups excluding carboxylic acids is 1. The first kappa shape index (κ1) is 15.5. The molecule has 1 N–H and O–H groups in total. The minimum absolute atomic E-state index is 0.270. The Labute approximate surface area is 133 Å². The highest BCUT2D eigenvalue weighted by Crippen LogP contribution is 2.36. The zero-order chi connectivity index (χ0) is 14.9. The number of rotatable bonds is 2. The van der Waals surface area contributed by atoms with Gasteiger partial charge in [0.1, 0.15) is 0 Å². The van der Waals surface area contributed by atoms with Gasteiger partial charge < -0.3 is 5.32 Å². The quantitative estimate of drug-likeness (QED) is 0.668. The van der Waals surface area contributed by atoms with E-state index in [0.717, 1.165) is 9.85 Å². The van der Waals surface area contributed by atoms with Crippen LogP contribution >= 0.6 is 43.2 Å². The summed E-state index contributed by atoms with van der Waals surface area (Å²) in [5.74, 6) is -0.584. The van der Waals surface area contributed by atoms with Crippen molar-refractivity contribution in [3.63, 3.8) is 0 Å². The number of alkyl halides is 3. The fraction of sp³-hybridized carbons (Fsp3) is 0.0833. The molecule has 1 heterocycles. The predicted octanol–water partition coefficient (Wildman–Crippen LogP) is 5.54. The molecular formula is C12H6Br2F3NOS. The molecule has 0 unspecified atom stereocenters. The highest BCUT2D eigenvalue weighted by molar-refractivity contribution is 9.11. The third kappa shape index (κ3) is 3.62. The van der Waals surface area contributed by atoms with Crippen LogP contribution in [0.3, 0.4) is 0 Å². The van der Waals surface area contributed by atoms with Crippen molar-refractivity contribution < 1.29 is 18.0 Å². The third-order valence-corrected chi connectivity index (χ3v) is 4.36. The van der Waals surface area contributed by atoms with Crippen LogP contribution in [-0.2, 0) is 6.18 Å². The van der Waals surface area contributed by atoms with Crippen molar-refractivity contribution in [1.29, 1.82) is 0 Å². The minimum atomic E-state index is -4.54. The Hall–Kier alpha value is -0.860. The van der Waals surface area contributed by atoms with Gasteiger partial charge in [-0.3, -0.25) is 4.79 Å². The molecule has 8 heteroatoms. The molecule has 2 rings (SSSR count). The Balaban J connectivity index is 2.32. The highest BCUT2D eigenvalue weighted by atomic mass is 79.9. The molecule has 2 nitrogen and oxygen atoms in total. The summed E-state index contributed by atoms with van der Waals surface area (Å²) in [5, 5.41) is 3.84. The SMILES string of the molecule is O=C(Nc1ccc(Br)cc1C(F)(F)F)c1csc(Br)c1. The summed E-state index contributed by atoms with van der Waals surface area (Å²) in [6.07, 6.45) is -4.54. The van der Waals surface area contributed by atoms with E-state index in [4.69, 9.17) is 0 Å². The predicted molar refractivity (Wildman–Crippen MR) is 79.1 cm³/mol. The van der Waals surface area contributed by atoms with E-state index in [1.54, 1.807) is 11.4 Å². The number of carbonyl (C=O) groups is 1. The molecule has 0 radical (unpaired) electrons. The first-order valence-corrected chi connectivity index (χ1v) is 7.66. The number of hydrogen-bond donors (Lipinski definition) is 1. The van der Waals surface area contributed by atoms with Crippen molar-refractivity contribution in [2.24, 2.45) is 0 Å². The van der Waals surface area contributed by atoms with Gasteiger partial charge in [0.05, 0.1) is 20.6 Å². The molecule has 0 atom stereocenters. The van der Waals surface area contributed by atoms with E-state index < -0.39 is 17.6 Å². The maximum absolute atomic E-state index is 12.9. The number of hydrogen-bond acceptors (Lipinski definition) is 2. The lowest BCUT2D eigenvalue weighted by Gasteiger charge is -2.13. The summed E-state index contributed by atoms with van der Waals surface area (Å²) < 4.78 is 39.7. The summed E-state index contributed by atoms with van der Waals surface area (Å²) >= 11 is 7.46. The van der Waals surface area contributed by atoms with Gasteiger partial charge in [-0.2, -0.15) is 13.2 Å². The summed E-state index contributed by atoms with van der Waals surface area (Å²) in [7, 11) is 0. The van der Waals surface area contributed by atoms with E-state index >= 15 is 0 Å². The van der Waals surface area contributed by atoms with Gasteiger partial charge in [0.15, 0.2) is 0 Å². The van der Waals surface area contributed by atoms with Crippen molar-refractivity contribution >= 4 is 54.8 Å². The Morgan fingerprint density at radius 3 is 2.45 bits per heavy atom. The van der Waals surface area contributed by atoms with Crippen LogP contribution < -0.4 is 5.32 Å². The maximum atomic E-state index is 12.9. The highest BCUT2D eigenvalue weighted by Gasteiger charge is 2.34. The van der Waals surface area contributed by atoms with Gasteiger partial charge in [-0.15, -0.1) is 11.3 Å². The minimum Gasteiger partial charge on any atom is -0.321 e. The van der Waals surface area contributed by atoms with Crippen molar-refractivity contribution in [1.82, 2.24) is 0 Å². The second-order valence-corrected chi connectivity index (χ2v) is 6.99. The summed E-state index contributed by atoms with van der Waals surface area (Å²) in [6, 6.07) is 5.13. The van der Waals surface area contributed by atoms with Crippen LogP contribution in [0.15, 0.2) is 37.9 Å². The number of benzene rings is 1. The van der Waals surface area contributed by atoms with Crippen molar-refractivity contribution in [2.45, 2.75) is 6.18 Å². The van der Waals surface area contributed by atoms with Gasteiger partial charge in [0, 0.05) is 9.85 Å². The molecule has 0 aliphatic carbocycles. The molecule has 20 heavy (non-hydrogen) atoms. The Morgan fingerprint density at radius 1 is 1.20 bits per heavy atom. The van der Waals surface area contributed by atoms with E-state index in [0.29, 0.717) is 10.0 Å². The maximum Gasteiger partial charge on any atom is 0.418 e. The van der Waals surface area contributed by atoms with Crippen molar-refractivity contribution in [3.8, 4) is 0 Å². The number of thiophene rings is 1. The van der Waals surface area contributed by atoms with Gasteiger partial charge in [-0.25, -0.2) is 0 Å². The van der Waals surface area contributed by atoms with Crippen LogP contribution in [0.25, 0.3) is 0 Å². The number of amides is 1. The molecule has 0 saturated carbocycles. The third-order valence-electron chi connectivity index (χ3n) is 2.36. The molecule has 0 fully saturated rings. The average molecular weight is 429 g/mol. The smallest absolute Gasteiger partial charge is 0.321 e. The van der Waals surface area contributed by atoms with E-state index in [9.17, 15) is 18.0 Å². The normalized spacial score (nSPS) is 11.4. The zero-order valence-corrected chi connectivity index (χ0v) is 13.6. The van der Waals surface area contributed by atoms with Gasteiger partial charge in [0.2, 0.25) is 0 Å². The van der Waals surface area contributed by atoms with Crippen LogP contribution in [-0.4, -0.2) is 5.91 Å². The average Bonchev–Trinajstić information content (AvgIpc) is 2.77. The Bertz CT molecular complexity index is 654. The fourth-order valence-electron chi connectivity index (χ4n) is 1.48. The molecule has 106 valence electrons. The van der Waals surface area contributed by atoms with Crippen LogP contribution in [0, 0.1) is 0 Å². The van der Waals surface area contributed by atoms with Crippen LogP contribution in [0.1, 0.15) is 15.9 Å². The molecule has 0 spiro atoms. The van der Waals surface area contributed by atoms with Gasteiger partial charge >= 0.3 is 6.18 Å². The second kappa shape index (κ2) is 5.87. The molecule has 0 bridgehead atoms. The van der Waals surface area contributed by atoms with Crippen LogP contribution in [0.2, 0.25) is 0 Å². The Morgan fingerprint density at radius 2 is 1.90 bits per heavy atom. The summed E-state index contributed by atoms with van der Waals surface area (Å²) in [4.78, 5) is 11.9. The molecule has 0 aliphatic rings. The van der Waals surface area contributed by atoms with E-state index in [1.165, 1.54) is 23.5 Å². The van der Waals surface area contributed by atoms with Crippen molar-refractivity contribution in [2.75, 3.05) is 5.32 Å². The lowest BCUT2D eigenvalue weighted by atomic mass is 10.1. The number of nitrogens with one attached hydrogen (secondary N) is 1. The van der Waals surface area contributed by atoms with Crippen LogP contribution in [0.5, 0.6) is 0 Å². The summed E-state index contributed by atoms with van der Waals surface area (Å²) in [6.45, 7) is 0. The zero-order valence-electron chi connectivity index (χ0n) is 9.59. The molecule has 1 aromatic carbocycles. The van der Waals surface area contributed by atoms with Crippen LogP contribution in [0.4, 0.5) is 18.9 Å². The van der Waals surface area contributed by atoms with E-state index in [1.807, 2.05) is 0 Å².